The molecule has 0 amide bonds. The van der Waals surface area contributed by atoms with E-state index in [1.54, 1.807) is 22.9 Å². The van der Waals surface area contributed by atoms with Gasteiger partial charge in [-0.05, 0) is 0 Å². The molecule has 0 aromatic carbocycles. The van der Waals surface area contributed by atoms with Crippen LogP contribution in [0.1, 0.15) is 5.01 Å². The highest BCUT2D eigenvalue weighted by Gasteiger charge is 2.07. The van der Waals surface area contributed by atoms with E-state index in [-0.39, 0.29) is 5.88 Å². The van der Waals surface area contributed by atoms with E-state index in [1.165, 1.54) is 11.3 Å². The number of nitrogens with zero attached hydrogens (tertiary/aromatic N) is 3. The van der Waals surface area contributed by atoms with Crippen LogP contribution in [0.4, 0.5) is 5.13 Å². The third-order valence-corrected chi connectivity index (χ3v) is 3.37. The molecule has 0 bridgehead atoms. The van der Waals surface area contributed by atoms with E-state index in [0.717, 1.165) is 16.7 Å². The van der Waals surface area contributed by atoms with Gasteiger partial charge in [-0.25, -0.2) is 4.98 Å². The van der Waals surface area contributed by atoms with Crippen molar-refractivity contribution in [2.75, 3.05) is 11.9 Å². The third kappa shape index (κ3) is 2.02. The average molecular weight is 227 g/mol. The monoisotopic (exact) mass is 227 g/mol. The zero-order chi connectivity index (χ0) is 9.97. The Morgan fingerprint density at radius 1 is 1.50 bits per heavy atom. The van der Waals surface area contributed by atoms with Gasteiger partial charge in [-0.2, -0.15) is 4.98 Å². The van der Waals surface area contributed by atoms with Gasteiger partial charge in [0.1, 0.15) is 5.01 Å². The van der Waals surface area contributed by atoms with Gasteiger partial charge < -0.3 is 10.0 Å². The first-order chi connectivity index (χ1) is 6.75. The van der Waals surface area contributed by atoms with E-state index in [0.29, 0.717) is 0 Å². The second-order valence-corrected chi connectivity index (χ2v) is 4.59. The Bertz CT molecular complexity index is 398. The Morgan fingerprint density at radius 3 is 2.93 bits per heavy atom. The van der Waals surface area contributed by atoms with Crippen molar-refractivity contribution >= 4 is 27.8 Å². The molecule has 0 saturated heterocycles. The van der Waals surface area contributed by atoms with Crippen molar-refractivity contribution in [3.05, 3.63) is 22.0 Å². The van der Waals surface area contributed by atoms with Crippen molar-refractivity contribution in [1.82, 2.24) is 9.97 Å². The molecule has 6 heteroatoms. The Kier molecular flexibility index (Phi) is 2.64. The van der Waals surface area contributed by atoms with E-state index in [4.69, 9.17) is 5.11 Å². The quantitative estimate of drug-likeness (QED) is 0.870. The number of anilines is 1. The first-order valence-electron chi connectivity index (χ1n) is 3.99. The van der Waals surface area contributed by atoms with Crippen molar-refractivity contribution in [1.29, 1.82) is 0 Å². The highest BCUT2D eigenvalue weighted by Crippen LogP contribution is 2.24. The molecule has 4 nitrogen and oxygen atoms in total. The smallest absolute Gasteiger partial charge is 0.223 e. The number of hydrogen-bond acceptors (Lipinski definition) is 6. The standard InChI is InChI=1S/C8H9N3OS2/c1-11(4-7-9-2-3-13-7)8-10-6(12)5-14-8/h2-3,5,12H,4H2,1H3. The van der Waals surface area contributed by atoms with Crippen molar-refractivity contribution in [3.63, 3.8) is 0 Å². The van der Waals surface area contributed by atoms with E-state index in [2.05, 4.69) is 9.97 Å². The molecule has 14 heavy (non-hydrogen) atoms. The number of aromatic hydroxyl groups is 1. The SMILES string of the molecule is CN(Cc1nccs1)c1nc(O)cs1. The van der Waals surface area contributed by atoms with Crippen LogP contribution in [0.5, 0.6) is 5.88 Å². The molecule has 0 spiro atoms. The van der Waals surface area contributed by atoms with Crippen LogP contribution in [0.3, 0.4) is 0 Å². The Balaban J connectivity index is 2.06. The molecule has 2 heterocycles. The number of hydrogen-bond donors (Lipinski definition) is 1. The van der Waals surface area contributed by atoms with Crippen molar-refractivity contribution in [2.24, 2.45) is 0 Å². The van der Waals surface area contributed by atoms with Crippen LogP contribution in [-0.4, -0.2) is 22.1 Å². The molecule has 2 rings (SSSR count). The van der Waals surface area contributed by atoms with Gasteiger partial charge in [-0.15, -0.1) is 22.7 Å². The summed E-state index contributed by atoms with van der Waals surface area (Å²) in [7, 11) is 1.93. The average Bonchev–Trinajstić information content (AvgIpc) is 2.75. The van der Waals surface area contributed by atoms with Crippen LogP contribution >= 0.6 is 22.7 Å². The lowest BCUT2D eigenvalue weighted by molar-refractivity contribution is 0.457. The molecule has 0 atom stereocenters. The Labute approximate surface area is 89.5 Å². The number of thiazole rings is 2. The van der Waals surface area contributed by atoms with Crippen molar-refractivity contribution in [2.45, 2.75) is 6.54 Å². The summed E-state index contributed by atoms with van der Waals surface area (Å²) in [4.78, 5) is 10.1. The van der Waals surface area contributed by atoms with Crippen LogP contribution in [-0.2, 0) is 6.54 Å². The zero-order valence-electron chi connectivity index (χ0n) is 7.54. The summed E-state index contributed by atoms with van der Waals surface area (Å²) in [6.07, 6.45) is 1.78. The minimum Gasteiger partial charge on any atom is -0.493 e. The minimum atomic E-state index is 0.0796. The molecule has 0 aliphatic carbocycles. The lowest BCUT2D eigenvalue weighted by atomic mass is 10.6. The maximum atomic E-state index is 9.09. The predicted octanol–water partition coefficient (Wildman–Crippen LogP) is 1.94. The summed E-state index contributed by atoms with van der Waals surface area (Å²) < 4.78 is 0. The van der Waals surface area contributed by atoms with Crippen LogP contribution in [0, 0.1) is 0 Å². The van der Waals surface area contributed by atoms with Gasteiger partial charge in [0, 0.05) is 18.6 Å². The van der Waals surface area contributed by atoms with E-state index >= 15 is 0 Å². The van der Waals surface area contributed by atoms with Gasteiger partial charge in [0.05, 0.1) is 11.9 Å². The fraction of sp³-hybridized carbons (Fsp3) is 0.250. The summed E-state index contributed by atoms with van der Waals surface area (Å²) in [5, 5.41) is 14.5. The molecular weight excluding hydrogens is 218 g/mol. The Hall–Kier alpha value is -1.14. The van der Waals surface area contributed by atoms with Crippen molar-refractivity contribution < 1.29 is 5.11 Å². The second-order valence-electron chi connectivity index (χ2n) is 2.77. The maximum absolute atomic E-state index is 9.09. The third-order valence-electron chi connectivity index (χ3n) is 1.66. The van der Waals surface area contributed by atoms with E-state index < -0.39 is 0 Å². The molecule has 74 valence electrons. The van der Waals surface area contributed by atoms with Gasteiger partial charge >= 0.3 is 0 Å². The maximum Gasteiger partial charge on any atom is 0.223 e. The summed E-state index contributed by atoms with van der Waals surface area (Å²) in [5.74, 6) is 0.0796. The molecule has 1 N–H and O–H groups in total. The van der Waals surface area contributed by atoms with Crippen LogP contribution in [0.2, 0.25) is 0 Å². The van der Waals surface area contributed by atoms with Gasteiger partial charge in [0.25, 0.3) is 0 Å². The molecule has 0 fully saturated rings. The molecule has 0 aliphatic heterocycles. The molecule has 2 aromatic rings. The number of aromatic nitrogens is 2. The zero-order valence-corrected chi connectivity index (χ0v) is 9.18. The van der Waals surface area contributed by atoms with Crippen molar-refractivity contribution in [3.8, 4) is 5.88 Å². The summed E-state index contributed by atoms with van der Waals surface area (Å²) in [6.45, 7) is 0.727. The van der Waals surface area contributed by atoms with Crippen LogP contribution in [0.25, 0.3) is 0 Å². The highest BCUT2D eigenvalue weighted by molar-refractivity contribution is 7.14. The normalized spacial score (nSPS) is 10.4. The first-order valence-corrected chi connectivity index (χ1v) is 5.75. The van der Waals surface area contributed by atoms with Crippen LogP contribution < -0.4 is 4.90 Å². The lowest BCUT2D eigenvalue weighted by Gasteiger charge is -2.12. The first kappa shape index (κ1) is 9.42. The van der Waals surface area contributed by atoms with E-state index in [9.17, 15) is 0 Å². The molecule has 0 unspecified atom stereocenters. The minimum absolute atomic E-state index is 0.0796. The molecule has 0 radical (unpaired) electrons. The fourth-order valence-electron chi connectivity index (χ4n) is 1.03. The summed E-state index contributed by atoms with van der Waals surface area (Å²) in [5.41, 5.74) is 0. The second kappa shape index (κ2) is 3.93. The molecule has 2 aromatic heterocycles. The van der Waals surface area contributed by atoms with Gasteiger partial charge in [-0.3, -0.25) is 0 Å². The molecular formula is C8H9N3OS2. The van der Waals surface area contributed by atoms with Gasteiger partial charge in [0.2, 0.25) is 5.88 Å². The Morgan fingerprint density at radius 2 is 2.36 bits per heavy atom. The highest BCUT2D eigenvalue weighted by atomic mass is 32.1. The van der Waals surface area contributed by atoms with Gasteiger partial charge in [-0.1, -0.05) is 0 Å². The van der Waals surface area contributed by atoms with Crippen LogP contribution in [0.15, 0.2) is 17.0 Å². The summed E-state index contributed by atoms with van der Waals surface area (Å²) in [6, 6.07) is 0. The molecule has 0 saturated carbocycles. The summed E-state index contributed by atoms with van der Waals surface area (Å²) >= 11 is 3.04. The lowest BCUT2D eigenvalue weighted by Crippen LogP contribution is -2.15. The topological polar surface area (TPSA) is 49.2 Å². The largest absolute Gasteiger partial charge is 0.493 e. The number of rotatable bonds is 3. The molecule has 0 aliphatic rings. The van der Waals surface area contributed by atoms with E-state index in [1.807, 2.05) is 17.3 Å². The van der Waals surface area contributed by atoms with Gasteiger partial charge in [0.15, 0.2) is 5.13 Å². The predicted molar refractivity (Wildman–Crippen MR) is 58.0 cm³/mol. The fourth-order valence-corrected chi connectivity index (χ4v) is 2.36.